The van der Waals surface area contributed by atoms with Gasteiger partial charge in [0, 0.05) is 38.4 Å². The van der Waals surface area contributed by atoms with Crippen LogP contribution in [0.1, 0.15) is 43.6 Å². The monoisotopic (exact) mass is 508 g/mol. The molecule has 32 heavy (non-hydrogen) atoms. The number of hydrogen-bond acceptors (Lipinski definition) is 3. The van der Waals surface area contributed by atoms with E-state index < -0.39 is 0 Å². The average molecular weight is 510 g/mol. The Morgan fingerprint density at radius 3 is 2.50 bits per heavy atom. The van der Waals surface area contributed by atoms with Crippen molar-refractivity contribution < 1.29 is 4.84 Å². The van der Waals surface area contributed by atoms with Crippen LogP contribution in [0.2, 0.25) is 0 Å². The quantitative estimate of drug-likeness (QED) is 0.182. The highest BCUT2D eigenvalue weighted by Crippen LogP contribution is 2.30. The van der Waals surface area contributed by atoms with Crippen LogP contribution in [0.3, 0.4) is 0 Å². The van der Waals surface area contributed by atoms with Crippen LogP contribution in [0.25, 0.3) is 10.9 Å². The van der Waals surface area contributed by atoms with Crippen LogP contribution < -0.4 is 5.48 Å². The lowest BCUT2D eigenvalue weighted by Gasteiger charge is -2.15. The molecule has 5 heteroatoms. The van der Waals surface area contributed by atoms with Gasteiger partial charge in [0.1, 0.15) is 0 Å². The summed E-state index contributed by atoms with van der Waals surface area (Å²) in [5.74, 6) is 1.09. The Hall–Kier alpha value is -2.21. The summed E-state index contributed by atoms with van der Waals surface area (Å²) in [5, 5.41) is 1.22. The van der Waals surface area contributed by atoms with E-state index in [-0.39, 0.29) is 0 Å². The fourth-order valence-corrected chi connectivity index (χ4v) is 5.08. The summed E-state index contributed by atoms with van der Waals surface area (Å²) in [4.78, 5) is 7.07. The van der Waals surface area contributed by atoms with Crippen molar-refractivity contribution in [1.29, 1.82) is 0 Å². The molecular formula is C27H29BrN2OS. The smallest absolute Gasteiger partial charge is 0.0996 e. The van der Waals surface area contributed by atoms with E-state index in [2.05, 4.69) is 120 Å². The third-order valence-corrected chi connectivity index (χ3v) is 7.10. The summed E-state index contributed by atoms with van der Waals surface area (Å²) in [6, 6.07) is 26.1. The molecular weight excluding hydrogens is 480 g/mol. The molecule has 0 aliphatic heterocycles. The Balaban J connectivity index is 1.49. The fourth-order valence-electron chi connectivity index (χ4n) is 3.99. The van der Waals surface area contributed by atoms with Crippen molar-refractivity contribution in [3.8, 4) is 0 Å². The number of hydrogen-bond donors (Lipinski definition) is 1. The van der Waals surface area contributed by atoms with E-state index in [9.17, 15) is 0 Å². The van der Waals surface area contributed by atoms with E-state index in [1.54, 1.807) is 0 Å². The second-order valence-corrected chi connectivity index (χ2v) is 10.3. The van der Waals surface area contributed by atoms with Gasteiger partial charge < -0.3 is 4.57 Å². The number of fused-ring (bicyclic) bond motifs is 1. The summed E-state index contributed by atoms with van der Waals surface area (Å²) >= 11 is 5.54. The van der Waals surface area contributed by atoms with Crippen molar-refractivity contribution in [2.45, 2.75) is 44.7 Å². The molecule has 0 fully saturated rings. The standard InChI is InChI=1S/C27H29BrN2OS/c1-4-32-25-12-9-20(10-13-25)18-31-29-23-11-14-27-22(15-23)17-24(30(27)19(2)3)16-21-7-5-6-8-26(21)28/h5-15,17,19,29H,4,16,18H2,1-3H3. The van der Waals surface area contributed by atoms with Crippen molar-refractivity contribution >= 4 is 44.3 Å². The maximum Gasteiger partial charge on any atom is 0.0996 e. The van der Waals surface area contributed by atoms with Gasteiger partial charge in [-0.25, -0.2) is 0 Å². The zero-order chi connectivity index (χ0) is 22.5. The molecule has 0 saturated carbocycles. The minimum absolute atomic E-state index is 0.383. The molecule has 4 rings (SSSR count). The van der Waals surface area contributed by atoms with Gasteiger partial charge in [0.25, 0.3) is 0 Å². The van der Waals surface area contributed by atoms with Crippen LogP contribution in [0.15, 0.2) is 82.2 Å². The van der Waals surface area contributed by atoms with E-state index in [1.165, 1.54) is 27.1 Å². The SMILES string of the molecule is CCSc1ccc(CONc2ccc3c(c2)cc(Cc2ccccc2Br)n3C(C)C)cc1. The van der Waals surface area contributed by atoms with Gasteiger partial charge >= 0.3 is 0 Å². The van der Waals surface area contributed by atoms with Crippen LogP contribution in [0, 0.1) is 0 Å². The van der Waals surface area contributed by atoms with Gasteiger partial charge in [0.2, 0.25) is 0 Å². The van der Waals surface area contributed by atoms with E-state index in [0.717, 1.165) is 27.9 Å². The second-order valence-electron chi connectivity index (χ2n) is 8.11. The molecule has 1 aromatic heterocycles. The first-order valence-electron chi connectivity index (χ1n) is 11.0. The molecule has 0 amide bonds. The number of halogens is 1. The molecule has 0 bridgehead atoms. The molecule has 4 aromatic rings. The molecule has 1 N–H and O–H groups in total. The van der Waals surface area contributed by atoms with Gasteiger partial charge in [-0.15, -0.1) is 11.8 Å². The number of anilines is 1. The van der Waals surface area contributed by atoms with Gasteiger partial charge in [-0.1, -0.05) is 53.2 Å². The minimum atomic E-state index is 0.383. The lowest BCUT2D eigenvalue weighted by molar-refractivity contribution is 0.180. The number of aromatic nitrogens is 1. The highest BCUT2D eigenvalue weighted by atomic mass is 79.9. The van der Waals surface area contributed by atoms with Crippen molar-refractivity contribution in [2.24, 2.45) is 0 Å². The lowest BCUT2D eigenvalue weighted by atomic mass is 10.1. The first-order valence-corrected chi connectivity index (χ1v) is 12.8. The Bertz CT molecular complexity index is 1180. The van der Waals surface area contributed by atoms with Gasteiger partial charge in [0.05, 0.1) is 12.3 Å². The Morgan fingerprint density at radius 2 is 1.78 bits per heavy atom. The normalized spacial score (nSPS) is 11.4. The first kappa shape index (κ1) is 23.0. The zero-order valence-corrected chi connectivity index (χ0v) is 21.2. The summed E-state index contributed by atoms with van der Waals surface area (Å²) in [5.41, 5.74) is 9.09. The number of nitrogens with zero attached hydrogens (tertiary/aromatic N) is 1. The van der Waals surface area contributed by atoms with Gasteiger partial charge in [-0.05, 0) is 73.2 Å². The molecule has 0 radical (unpaired) electrons. The van der Waals surface area contributed by atoms with E-state index in [0.29, 0.717) is 12.6 Å². The summed E-state index contributed by atoms with van der Waals surface area (Å²) in [7, 11) is 0. The van der Waals surface area contributed by atoms with Gasteiger partial charge in [0.15, 0.2) is 0 Å². The number of rotatable bonds is 9. The maximum absolute atomic E-state index is 5.78. The van der Waals surface area contributed by atoms with Crippen LogP contribution in [-0.2, 0) is 17.9 Å². The van der Waals surface area contributed by atoms with Crippen molar-refractivity contribution in [1.82, 2.24) is 4.57 Å². The highest BCUT2D eigenvalue weighted by molar-refractivity contribution is 9.10. The molecule has 1 heterocycles. The largest absolute Gasteiger partial charge is 0.342 e. The van der Waals surface area contributed by atoms with Crippen LogP contribution in [0.5, 0.6) is 0 Å². The molecule has 0 atom stereocenters. The predicted octanol–water partition coefficient (Wildman–Crippen LogP) is 8.23. The molecule has 0 saturated heterocycles. The molecule has 166 valence electrons. The van der Waals surface area contributed by atoms with E-state index in [1.807, 2.05) is 11.8 Å². The Kier molecular flexibility index (Phi) is 7.61. The third kappa shape index (κ3) is 5.40. The Morgan fingerprint density at radius 1 is 1.00 bits per heavy atom. The molecule has 0 spiro atoms. The van der Waals surface area contributed by atoms with Gasteiger partial charge in [-0.2, -0.15) is 0 Å². The number of benzene rings is 3. The average Bonchev–Trinajstić information content (AvgIpc) is 3.14. The minimum Gasteiger partial charge on any atom is -0.342 e. The predicted molar refractivity (Wildman–Crippen MR) is 141 cm³/mol. The molecule has 0 aliphatic rings. The highest BCUT2D eigenvalue weighted by Gasteiger charge is 2.13. The van der Waals surface area contributed by atoms with Crippen LogP contribution in [0.4, 0.5) is 5.69 Å². The molecule has 3 nitrogen and oxygen atoms in total. The van der Waals surface area contributed by atoms with Crippen molar-refractivity contribution in [3.63, 3.8) is 0 Å². The second kappa shape index (κ2) is 10.6. The Labute approximate surface area is 203 Å². The zero-order valence-electron chi connectivity index (χ0n) is 18.8. The van der Waals surface area contributed by atoms with Crippen molar-refractivity contribution in [2.75, 3.05) is 11.2 Å². The maximum atomic E-state index is 5.78. The summed E-state index contributed by atoms with van der Waals surface area (Å²) in [6.45, 7) is 7.17. The van der Waals surface area contributed by atoms with Crippen molar-refractivity contribution in [3.05, 3.63) is 94.1 Å². The fraction of sp³-hybridized carbons (Fsp3) is 0.259. The van der Waals surface area contributed by atoms with Gasteiger partial charge in [-0.3, -0.25) is 10.3 Å². The molecule has 3 aromatic carbocycles. The molecule has 0 unspecified atom stereocenters. The van der Waals surface area contributed by atoms with E-state index >= 15 is 0 Å². The topological polar surface area (TPSA) is 26.2 Å². The number of nitrogens with one attached hydrogen (secondary N) is 1. The van der Waals surface area contributed by atoms with Crippen LogP contribution >= 0.6 is 27.7 Å². The van der Waals surface area contributed by atoms with E-state index in [4.69, 9.17) is 4.84 Å². The first-order chi connectivity index (χ1) is 15.5. The van der Waals surface area contributed by atoms with Crippen LogP contribution in [-0.4, -0.2) is 10.3 Å². The third-order valence-electron chi connectivity index (χ3n) is 5.43. The lowest BCUT2D eigenvalue weighted by Crippen LogP contribution is -2.06. The molecule has 0 aliphatic carbocycles. The summed E-state index contributed by atoms with van der Waals surface area (Å²) in [6.07, 6.45) is 0.889. The number of thioether (sulfide) groups is 1. The summed E-state index contributed by atoms with van der Waals surface area (Å²) < 4.78 is 3.58.